The van der Waals surface area contributed by atoms with E-state index in [0.29, 0.717) is 0 Å². The highest BCUT2D eigenvalue weighted by molar-refractivity contribution is 4.99. The lowest BCUT2D eigenvalue weighted by atomic mass is 10.0. The van der Waals surface area contributed by atoms with Gasteiger partial charge in [-0.3, -0.25) is 0 Å². The first-order valence-electron chi connectivity index (χ1n) is 5.00. The van der Waals surface area contributed by atoms with Gasteiger partial charge in [-0.25, -0.2) is 0 Å². The summed E-state index contributed by atoms with van der Waals surface area (Å²) in [5.74, 6) is 0. The Kier molecular flexibility index (Phi) is 13.7. The van der Waals surface area contributed by atoms with E-state index in [2.05, 4.69) is 0 Å². The summed E-state index contributed by atoms with van der Waals surface area (Å²) < 4.78 is 0. The fraction of sp³-hybridized carbons (Fsp3) is 0.571. The molecule has 1 fully saturated rings. The normalized spacial score (nSPS) is 13.7. The molecule has 84 valence electrons. The van der Waals surface area contributed by atoms with Crippen LogP contribution in [0.25, 0.3) is 0 Å². The van der Waals surface area contributed by atoms with Crippen LogP contribution in [-0.2, 0) is 0 Å². The summed E-state index contributed by atoms with van der Waals surface area (Å²) in [6, 6.07) is 12.0. The zero-order valence-electron chi connectivity index (χ0n) is 7.71. The van der Waals surface area contributed by atoms with Crippen LogP contribution in [0.15, 0.2) is 36.4 Å². The third kappa shape index (κ3) is 9.31. The Bertz CT molecular complexity index is 130. The summed E-state index contributed by atoms with van der Waals surface area (Å²) in [6.45, 7) is 0. The summed E-state index contributed by atoms with van der Waals surface area (Å²) in [7, 11) is 0. The Balaban J connectivity index is -0.000000160. The summed E-state index contributed by atoms with van der Waals surface area (Å²) >= 11 is 0. The molecule has 0 aliphatic heterocycles. The van der Waals surface area contributed by atoms with Gasteiger partial charge in [-0.15, -0.1) is 0 Å². The molecular weight excluding hydrogens is 168 g/mol. The van der Waals surface area contributed by atoms with Gasteiger partial charge in [-0.05, 0) is 0 Å². The molecule has 0 saturated heterocycles. The maximum absolute atomic E-state index is 2.00. The maximum atomic E-state index is 2.00. The predicted molar refractivity (Wildman–Crippen MR) is 69.7 cm³/mol. The fourth-order valence-electron chi connectivity index (χ4n) is 1.45. The van der Waals surface area contributed by atoms with Crippen LogP contribution in [-0.4, -0.2) is 0 Å². The molecular formula is C14H28. The minimum atomic E-state index is 0. The summed E-state index contributed by atoms with van der Waals surface area (Å²) in [5.41, 5.74) is 0. The van der Waals surface area contributed by atoms with Crippen LogP contribution in [0.2, 0.25) is 0 Å². The molecule has 1 aromatic rings. The van der Waals surface area contributed by atoms with Crippen molar-refractivity contribution in [2.75, 3.05) is 0 Å². The van der Waals surface area contributed by atoms with Crippen LogP contribution in [0.3, 0.4) is 0 Å². The molecule has 0 amide bonds. The zero-order chi connectivity index (χ0) is 8.49. The second-order valence-electron chi connectivity index (χ2n) is 3.28. The standard InChI is InChI=1S/C6H12.C6H6.2CH4.H2/c2*1-2-4-6-5-3-1;;;/h1-6H2;1-6H;2*1H4;1H. The molecule has 0 nitrogen and oxygen atoms in total. The highest BCUT2D eigenvalue weighted by Gasteiger charge is 1.95. The van der Waals surface area contributed by atoms with E-state index in [0.717, 1.165) is 0 Å². The van der Waals surface area contributed by atoms with Gasteiger partial charge in [-0.1, -0.05) is 89.8 Å². The highest BCUT2D eigenvalue weighted by atomic mass is 14.0. The van der Waals surface area contributed by atoms with E-state index in [9.17, 15) is 0 Å². The van der Waals surface area contributed by atoms with E-state index in [-0.39, 0.29) is 16.3 Å². The van der Waals surface area contributed by atoms with Crippen LogP contribution in [0.4, 0.5) is 0 Å². The molecule has 0 spiro atoms. The average Bonchev–Trinajstić information content (AvgIpc) is 2.24. The smallest absolute Gasteiger partial charge is 0 e. The number of rotatable bonds is 0. The Morgan fingerprint density at radius 2 is 0.571 bits per heavy atom. The number of hydrogen-bond donors (Lipinski definition) is 0. The Morgan fingerprint density at radius 3 is 0.714 bits per heavy atom. The van der Waals surface area contributed by atoms with Crippen molar-refractivity contribution >= 4 is 0 Å². The summed E-state index contributed by atoms with van der Waals surface area (Å²) in [4.78, 5) is 0. The molecule has 0 unspecified atom stereocenters. The first kappa shape index (κ1) is 15.7. The Morgan fingerprint density at radius 1 is 0.429 bits per heavy atom. The van der Waals surface area contributed by atoms with E-state index in [1.54, 1.807) is 0 Å². The third-order valence-corrected chi connectivity index (χ3v) is 2.17. The van der Waals surface area contributed by atoms with Crippen LogP contribution >= 0.6 is 0 Å². The first-order chi connectivity index (χ1) is 6.00. The monoisotopic (exact) mass is 196 g/mol. The third-order valence-electron chi connectivity index (χ3n) is 2.17. The molecule has 0 heteroatoms. The highest BCUT2D eigenvalue weighted by Crippen LogP contribution is 2.15. The quantitative estimate of drug-likeness (QED) is 0.510. The van der Waals surface area contributed by atoms with E-state index >= 15 is 0 Å². The minimum Gasteiger partial charge on any atom is -0.0776 e. The van der Waals surface area contributed by atoms with Crippen molar-refractivity contribution in [1.29, 1.82) is 0 Å². The minimum absolute atomic E-state index is 0. The van der Waals surface area contributed by atoms with E-state index < -0.39 is 0 Å². The topological polar surface area (TPSA) is 0 Å². The van der Waals surface area contributed by atoms with Crippen LogP contribution in [0.1, 0.15) is 54.8 Å². The molecule has 0 radical (unpaired) electrons. The van der Waals surface area contributed by atoms with E-state index in [1.807, 2.05) is 36.4 Å². The van der Waals surface area contributed by atoms with Gasteiger partial charge in [0, 0.05) is 1.43 Å². The SMILES string of the molecule is C.C.C1CCCCC1.[HH].c1ccccc1. The van der Waals surface area contributed by atoms with E-state index in [4.69, 9.17) is 0 Å². The molecule has 1 saturated carbocycles. The molecule has 1 aliphatic rings. The molecule has 0 heterocycles. The van der Waals surface area contributed by atoms with Crippen LogP contribution in [0, 0.1) is 0 Å². The maximum Gasteiger partial charge on any atom is 0 e. The average molecular weight is 196 g/mol. The molecule has 2 rings (SSSR count). The number of benzene rings is 1. The van der Waals surface area contributed by atoms with Crippen molar-refractivity contribution in [3.8, 4) is 0 Å². The fourth-order valence-corrected chi connectivity index (χ4v) is 1.45. The van der Waals surface area contributed by atoms with Crippen molar-refractivity contribution in [3.63, 3.8) is 0 Å². The van der Waals surface area contributed by atoms with Crippen molar-refractivity contribution in [2.45, 2.75) is 53.4 Å². The summed E-state index contributed by atoms with van der Waals surface area (Å²) in [6.07, 6.45) is 9.00. The molecule has 0 atom stereocenters. The van der Waals surface area contributed by atoms with Crippen molar-refractivity contribution in [1.82, 2.24) is 0 Å². The lowest BCUT2D eigenvalue weighted by molar-refractivity contribution is 0.504. The van der Waals surface area contributed by atoms with Gasteiger partial charge in [-0.2, -0.15) is 0 Å². The van der Waals surface area contributed by atoms with Crippen molar-refractivity contribution in [2.24, 2.45) is 0 Å². The van der Waals surface area contributed by atoms with Gasteiger partial charge in [0.1, 0.15) is 0 Å². The molecule has 14 heavy (non-hydrogen) atoms. The van der Waals surface area contributed by atoms with Crippen LogP contribution in [0.5, 0.6) is 0 Å². The first-order valence-corrected chi connectivity index (χ1v) is 5.00. The van der Waals surface area contributed by atoms with Gasteiger partial charge in [0.15, 0.2) is 0 Å². The van der Waals surface area contributed by atoms with Gasteiger partial charge >= 0.3 is 0 Å². The second kappa shape index (κ2) is 12.2. The van der Waals surface area contributed by atoms with Gasteiger partial charge < -0.3 is 0 Å². The lowest BCUT2D eigenvalue weighted by Crippen LogP contribution is -1.85. The van der Waals surface area contributed by atoms with E-state index in [1.165, 1.54) is 38.5 Å². The van der Waals surface area contributed by atoms with Gasteiger partial charge in [0.05, 0.1) is 0 Å². The zero-order valence-corrected chi connectivity index (χ0v) is 7.71. The second-order valence-corrected chi connectivity index (χ2v) is 3.28. The number of hydrogen-bond acceptors (Lipinski definition) is 0. The lowest BCUT2D eigenvalue weighted by Gasteiger charge is -2.05. The Labute approximate surface area is 91.8 Å². The summed E-state index contributed by atoms with van der Waals surface area (Å²) in [5, 5.41) is 0. The van der Waals surface area contributed by atoms with Crippen molar-refractivity contribution < 1.29 is 1.43 Å². The van der Waals surface area contributed by atoms with Crippen molar-refractivity contribution in [3.05, 3.63) is 36.4 Å². The molecule has 1 aromatic carbocycles. The Hall–Kier alpha value is -0.780. The van der Waals surface area contributed by atoms with Gasteiger partial charge in [0.2, 0.25) is 0 Å². The molecule has 1 aliphatic carbocycles. The molecule has 0 N–H and O–H groups in total. The predicted octanol–water partition coefficient (Wildman–Crippen LogP) is 5.55. The van der Waals surface area contributed by atoms with Crippen LogP contribution < -0.4 is 0 Å². The largest absolute Gasteiger partial charge is 0.0776 e. The van der Waals surface area contributed by atoms with Gasteiger partial charge in [0.25, 0.3) is 0 Å². The molecule has 0 aromatic heterocycles. The molecule has 0 bridgehead atoms.